The average molecular weight is 386 g/mol. The molecule has 0 fully saturated rings. The zero-order chi connectivity index (χ0) is 19.2. The number of benzene rings is 2. The predicted octanol–water partition coefficient (Wildman–Crippen LogP) is 3.31. The summed E-state index contributed by atoms with van der Waals surface area (Å²) in [5, 5.41) is 10.1. The normalized spacial score (nSPS) is 17.2. The summed E-state index contributed by atoms with van der Waals surface area (Å²) in [4.78, 5) is 13.1. The summed E-state index contributed by atoms with van der Waals surface area (Å²) >= 11 is 0. The van der Waals surface area contributed by atoms with Crippen molar-refractivity contribution in [1.82, 2.24) is 8.87 Å². The van der Waals surface area contributed by atoms with E-state index in [1.807, 2.05) is 0 Å². The van der Waals surface area contributed by atoms with Gasteiger partial charge in [-0.2, -0.15) is 0 Å². The smallest absolute Gasteiger partial charge is 0.407 e. The van der Waals surface area contributed by atoms with Gasteiger partial charge in [-0.15, -0.1) is 0 Å². The van der Waals surface area contributed by atoms with Gasteiger partial charge in [-0.05, 0) is 37.3 Å². The fourth-order valence-corrected chi connectivity index (χ4v) is 4.90. The summed E-state index contributed by atoms with van der Waals surface area (Å²) in [6, 6.07) is 12.8. The molecule has 0 bridgehead atoms. The van der Waals surface area contributed by atoms with Crippen molar-refractivity contribution < 1.29 is 23.1 Å². The van der Waals surface area contributed by atoms with Gasteiger partial charge in [0.15, 0.2) is 0 Å². The minimum atomic E-state index is -3.76. The molecule has 4 rings (SSSR count). The maximum absolute atomic E-state index is 13.0. The Bertz CT molecular complexity index is 1120. The molecule has 0 aliphatic carbocycles. The van der Waals surface area contributed by atoms with E-state index in [2.05, 4.69) is 0 Å². The van der Waals surface area contributed by atoms with Crippen LogP contribution in [0.3, 0.4) is 0 Å². The minimum absolute atomic E-state index is 0.189. The first kappa shape index (κ1) is 17.4. The molecule has 0 radical (unpaired) electrons. The Balaban J connectivity index is 1.92. The highest BCUT2D eigenvalue weighted by molar-refractivity contribution is 7.90. The van der Waals surface area contributed by atoms with E-state index in [4.69, 9.17) is 4.74 Å². The first-order valence-electron chi connectivity index (χ1n) is 8.48. The Morgan fingerprint density at radius 2 is 1.89 bits per heavy atom. The number of carbonyl (C=O) groups is 1. The van der Waals surface area contributed by atoms with E-state index in [9.17, 15) is 18.3 Å². The second-order valence-corrected chi connectivity index (χ2v) is 8.16. The van der Waals surface area contributed by atoms with Crippen molar-refractivity contribution in [3.63, 3.8) is 0 Å². The Labute approximate surface area is 156 Å². The van der Waals surface area contributed by atoms with Crippen LogP contribution in [0.25, 0.3) is 10.9 Å². The van der Waals surface area contributed by atoms with Gasteiger partial charge in [0.25, 0.3) is 10.0 Å². The first-order chi connectivity index (χ1) is 12.9. The number of carboxylic acid groups (broad SMARTS) is 1. The van der Waals surface area contributed by atoms with Gasteiger partial charge in [0, 0.05) is 17.1 Å². The predicted molar refractivity (Wildman–Crippen MR) is 99.6 cm³/mol. The van der Waals surface area contributed by atoms with Crippen LogP contribution in [0.5, 0.6) is 5.75 Å². The van der Waals surface area contributed by atoms with Crippen LogP contribution in [-0.4, -0.2) is 41.6 Å². The quantitative estimate of drug-likeness (QED) is 0.730. The number of hydrogen-bond acceptors (Lipinski definition) is 4. The number of amides is 1. The molecule has 1 N–H and O–H groups in total. The van der Waals surface area contributed by atoms with Crippen LogP contribution in [-0.2, 0) is 10.0 Å². The van der Waals surface area contributed by atoms with E-state index in [0.29, 0.717) is 22.2 Å². The zero-order valence-electron chi connectivity index (χ0n) is 14.6. The van der Waals surface area contributed by atoms with Crippen LogP contribution in [0.2, 0.25) is 0 Å². The lowest BCUT2D eigenvalue weighted by molar-refractivity contribution is 0.125. The summed E-state index contributed by atoms with van der Waals surface area (Å²) in [6.07, 6.45) is 0.461. The van der Waals surface area contributed by atoms with Crippen LogP contribution in [0.15, 0.2) is 59.6 Å². The lowest BCUT2D eigenvalue weighted by Crippen LogP contribution is -2.33. The molecule has 1 unspecified atom stereocenters. The van der Waals surface area contributed by atoms with Gasteiger partial charge in [0.2, 0.25) is 0 Å². The Hall–Kier alpha value is -3.00. The molecule has 2 aromatic carbocycles. The van der Waals surface area contributed by atoms with Crippen molar-refractivity contribution in [2.75, 3.05) is 13.2 Å². The van der Waals surface area contributed by atoms with Crippen LogP contribution >= 0.6 is 0 Å². The summed E-state index contributed by atoms with van der Waals surface area (Å²) in [5.74, 6) is 0.577. The average Bonchev–Trinajstić information content (AvgIpc) is 3.02. The third-order valence-electron chi connectivity index (χ3n) is 4.86. The molecule has 0 saturated carbocycles. The van der Waals surface area contributed by atoms with Crippen LogP contribution in [0, 0.1) is 0 Å². The van der Waals surface area contributed by atoms with Gasteiger partial charge in [-0.3, -0.25) is 4.90 Å². The molecule has 0 spiro atoms. The monoisotopic (exact) mass is 386 g/mol. The van der Waals surface area contributed by atoms with E-state index in [-0.39, 0.29) is 18.0 Å². The van der Waals surface area contributed by atoms with E-state index in [1.165, 1.54) is 15.1 Å². The van der Waals surface area contributed by atoms with Crippen molar-refractivity contribution in [1.29, 1.82) is 0 Å². The fraction of sp³-hybridized carbons (Fsp3) is 0.211. The minimum Gasteiger partial charge on any atom is -0.491 e. The summed E-state index contributed by atoms with van der Waals surface area (Å²) in [7, 11) is -3.76. The molecular weight excluding hydrogens is 368 g/mol. The van der Waals surface area contributed by atoms with Gasteiger partial charge < -0.3 is 9.84 Å². The molecule has 2 heterocycles. The Morgan fingerprint density at radius 3 is 2.59 bits per heavy atom. The van der Waals surface area contributed by atoms with Crippen molar-refractivity contribution >= 4 is 27.0 Å². The Morgan fingerprint density at radius 1 is 1.15 bits per heavy atom. The molecule has 0 saturated heterocycles. The topological polar surface area (TPSA) is 88.8 Å². The van der Waals surface area contributed by atoms with Gasteiger partial charge in [-0.25, -0.2) is 17.2 Å². The van der Waals surface area contributed by atoms with Gasteiger partial charge in [-0.1, -0.05) is 18.2 Å². The first-order valence-corrected chi connectivity index (χ1v) is 9.92. The molecule has 1 aliphatic rings. The molecule has 1 aromatic heterocycles. The van der Waals surface area contributed by atoms with Crippen molar-refractivity contribution in [2.45, 2.75) is 17.9 Å². The molecule has 27 heavy (non-hydrogen) atoms. The van der Waals surface area contributed by atoms with Gasteiger partial charge >= 0.3 is 6.09 Å². The highest BCUT2D eigenvalue weighted by Gasteiger charge is 2.30. The maximum atomic E-state index is 13.0. The lowest BCUT2D eigenvalue weighted by atomic mass is 10.0. The molecule has 140 valence electrons. The summed E-state index contributed by atoms with van der Waals surface area (Å²) < 4.78 is 33.0. The zero-order valence-corrected chi connectivity index (χ0v) is 15.4. The maximum Gasteiger partial charge on any atom is 0.407 e. The summed E-state index contributed by atoms with van der Waals surface area (Å²) in [6.45, 7) is 2.28. The highest BCUT2D eigenvalue weighted by Crippen LogP contribution is 2.38. The third kappa shape index (κ3) is 2.73. The number of aromatic nitrogens is 1. The molecule has 1 aliphatic heterocycles. The molecule has 1 atom stereocenters. The number of nitrogens with zero attached hydrogens (tertiary/aromatic N) is 2. The number of ether oxygens (including phenoxy) is 1. The molecule has 8 heteroatoms. The van der Waals surface area contributed by atoms with Gasteiger partial charge in [0.05, 0.1) is 23.0 Å². The van der Waals surface area contributed by atoms with Crippen molar-refractivity contribution in [3.8, 4) is 5.75 Å². The number of fused-ring (bicyclic) bond motifs is 3. The molecule has 7 nitrogen and oxygen atoms in total. The van der Waals surface area contributed by atoms with E-state index >= 15 is 0 Å². The molecular formula is C19H18N2O5S. The molecule has 1 amide bonds. The summed E-state index contributed by atoms with van der Waals surface area (Å²) in [5.41, 5.74) is 1.16. The SMILES string of the molecule is CC1c2c(ccc3c2ccn3S(=O)(=O)c2ccccc2)OCCN1C(=O)O. The number of hydrogen-bond donors (Lipinski definition) is 1. The fourth-order valence-electron chi connectivity index (χ4n) is 3.53. The van der Waals surface area contributed by atoms with E-state index < -0.39 is 22.2 Å². The van der Waals surface area contributed by atoms with Gasteiger partial charge in [0.1, 0.15) is 12.4 Å². The van der Waals surface area contributed by atoms with Crippen molar-refractivity contribution in [2.24, 2.45) is 0 Å². The largest absolute Gasteiger partial charge is 0.491 e. The standard InChI is InChI=1S/C19H18N2O5S/c1-13-18-15-9-10-21(27(24,25)14-5-3-2-4-6-14)16(15)7-8-17(18)26-12-11-20(13)19(22)23/h2-10,13H,11-12H2,1H3,(H,22,23). The second kappa shape index (κ2) is 6.31. The Kier molecular flexibility index (Phi) is 4.07. The molecule has 3 aromatic rings. The van der Waals surface area contributed by atoms with E-state index in [0.717, 1.165) is 0 Å². The van der Waals surface area contributed by atoms with Crippen LogP contribution < -0.4 is 4.74 Å². The lowest BCUT2D eigenvalue weighted by Gasteiger charge is -2.24. The van der Waals surface area contributed by atoms with Crippen LogP contribution in [0.1, 0.15) is 18.5 Å². The number of rotatable bonds is 2. The third-order valence-corrected chi connectivity index (χ3v) is 6.56. The van der Waals surface area contributed by atoms with E-state index in [1.54, 1.807) is 55.5 Å². The second-order valence-electron chi connectivity index (χ2n) is 6.34. The van der Waals surface area contributed by atoms with Crippen molar-refractivity contribution in [3.05, 3.63) is 60.3 Å². The highest BCUT2D eigenvalue weighted by atomic mass is 32.2. The van der Waals surface area contributed by atoms with Crippen LogP contribution in [0.4, 0.5) is 4.79 Å².